The number of aryl methyl sites for hydroxylation is 1. The number of nitrogens with two attached hydrogens (primary N) is 2. The summed E-state index contributed by atoms with van der Waals surface area (Å²) in [6.45, 7) is 6.25. The van der Waals surface area contributed by atoms with E-state index in [0.29, 0.717) is 5.82 Å². The maximum atomic E-state index is 6.21. The fourth-order valence-corrected chi connectivity index (χ4v) is 3.56. The smallest absolute Gasteiger partial charge is 0.222 e. The molecule has 1 aromatic heterocycles. The number of fused-ring (bicyclic) bond motifs is 2. The lowest BCUT2D eigenvalue weighted by molar-refractivity contribution is 0.139. The summed E-state index contributed by atoms with van der Waals surface area (Å²) in [5, 5.41) is 0.844. The highest BCUT2D eigenvalue weighted by molar-refractivity contribution is 5.97. The van der Waals surface area contributed by atoms with Gasteiger partial charge in [0.1, 0.15) is 17.2 Å². The molecule has 0 unspecified atom stereocenters. The zero-order chi connectivity index (χ0) is 17.1. The minimum absolute atomic E-state index is 0.181. The Labute approximate surface area is 140 Å². The largest absolute Gasteiger partial charge is 0.487 e. The van der Waals surface area contributed by atoms with Crippen molar-refractivity contribution < 1.29 is 4.74 Å². The number of nitrogen functional groups attached to an aromatic ring is 2. The van der Waals surface area contributed by atoms with E-state index in [2.05, 4.69) is 42.0 Å². The van der Waals surface area contributed by atoms with Crippen LogP contribution < -0.4 is 16.2 Å². The molecule has 1 aliphatic rings. The van der Waals surface area contributed by atoms with Crippen LogP contribution in [0.25, 0.3) is 22.0 Å². The van der Waals surface area contributed by atoms with E-state index in [4.69, 9.17) is 16.2 Å². The first-order chi connectivity index (χ1) is 11.4. The van der Waals surface area contributed by atoms with Crippen molar-refractivity contribution >= 4 is 22.7 Å². The van der Waals surface area contributed by atoms with E-state index in [9.17, 15) is 0 Å². The minimum atomic E-state index is -0.181. The fraction of sp³-hybridized carbons (Fsp3) is 0.263. The maximum absolute atomic E-state index is 6.21. The molecule has 0 saturated heterocycles. The van der Waals surface area contributed by atoms with Gasteiger partial charge in [0.05, 0.1) is 5.52 Å². The molecule has 4 N–H and O–H groups in total. The second-order valence-corrected chi connectivity index (χ2v) is 6.93. The highest BCUT2D eigenvalue weighted by Crippen LogP contribution is 2.44. The summed E-state index contributed by atoms with van der Waals surface area (Å²) in [7, 11) is 0. The van der Waals surface area contributed by atoms with Crippen LogP contribution in [0.4, 0.5) is 11.8 Å². The van der Waals surface area contributed by atoms with Crippen LogP contribution in [0.2, 0.25) is 0 Å². The van der Waals surface area contributed by atoms with Crippen molar-refractivity contribution in [2.24, 2.45) is 0 Å². The molecule has 0 bridgehead atoms. The number of benzene rings is 2. The van der Waals surface area contributed by atoms with Crippen LogP contribution >= 0.6 is 0 Å². The molecule has 0 spiro atoms. The molecule has 2 aromatic carbocycles. The van der Waals surface area contributed by atoms with Gasteiger partial charge < -0.3 is 16.2 Å². The van der Waals surface area contributed by atoms with Gasteiger partial charge in [-0.15, -0.1) is 0 Å². The first-order valence-corrected chi connectivity index (χ1v) is 7.99. The molecule has 3 aromatic rings. The van der Waals surface area contributed by atoms with Gasteiger partial charge in [0.25, 0.3) is 0 Å². The van der Waals surface area contributed by atoms with E-state index in [-0.39, 0.29) is 11.5 Å². The average molecular weight is 320 g/mol. The molecule has 0 atom stereocenters. The Bertz CT molecular complexity index is 979. The number of aromatic nitrogens is 2. The number of ether oxygens (including phenoxy) is 1. The third-order valence-electron chi connectivity index (χ3n) is 4.55. The summed E-state index contributed by atoms with van der Waals surface area (Å²) in [5.74, 6) is 1.56. The molecule has 0 saturated carbocycles. The summed E-state index contributed by atoms with van der Waals surface area (Å²) in [4.78, 5) is 8.39. The molecular formula is C19H20N4O. The van der Waals surface area contributed by atoms with Gasteiger partial charge in [-0.05, 0) is 43.5 Å². The van der Waals surface area contributed by atoms with E-state index in [0.717, 1.165) is 39.8 Å². The lowest BCUT2D eigenvalue weighted by Gasteiger charge is -2.19. The minimum Gasteiger partial charge on any atom is -0.487 e. The average Bonchev–Trinajstić information content (AvgIpc) is 2.81. The van der Waals surface area contributed by atoms with Crippen molar-refractivity contribution in [2.75, 3.05) is 11.5 Å². The lowest BCUT2D eigenvalue weighted by atomic mass is 9.94. The Morgan fingerprint density at radius 3 is 2.62 bits per heavy atom. The van der Waals surface area contributed by atoms with Crippen molar-refractivity contribution in [1.29, 1.82) is 0 Å². The van der Waals surface area contributed by atoms with Crippen molar-refractivity contribution in [3.8, 4) is 16.9 Å². The standard InChI is InChI=1S/C19H20N4O/c1-10-12(7-8-14-15(10)17(20)23-18(21)22-14)13-6-4-5-11-9-19(2,3)24-16(11)13/h4-8H,9H2,1-3H3,(H4,20,21,22,23). The molecule has 0 fully saturated rings. The highest BCUT2D eigenvalue weighted by Gasteiger charge is 2.32. The maximum Gasteiger partial charge on any atom is 0.222 e. The van der Waals surface area contributed by atoms with E-state index in [1.54, 1.807) is 0 Å². The van der Waals surface area contributed by atoms with Crippen LogP contribution in [-0.4, -0.2) is 15.6 Å². The number of nitrogens with zero attached hydrogens (tertiary/aromatic N) is 2. The molecule has 1 aliphatic heterocycles. The molecule has 4 rings (SSSR count). The van der Waals surface area contributed by atoms with Gasteiger partial charge in [-0.3, -0.25) is 0 Å². The number of hydrogen-bond acceptors (Lipinski definition) is 5. The quantitative estimate of drug-likeness (QED) is 0.716. The molecule has 0 radical (unpaired) electrons. The number of hydrogen-bond donors (Lipinski definition) is 2. The second-order valence-electron chi connectivity index (χ2n) is 6.93. The van der Waals surface area contributed by atoms with Crippen LogP contribution in [0.5, 0.6) is 5.75 Å². The van der Waals surface area contributed by atoms with Gasteiger partial charge >= 0.3 is 0 Å². The first kappa shape index (κ1) is 14.8. The molecule has 122 valence electrons. The Balaban J connectivity index is 1.97. The molecule has 2 heterocycles. The third-order valence-corrected chi connectivity index (χ3v) is 4.55. The van der Waals surface area contributed by atoms with E-state index < -0.39 is 0 Å². The summed E-state index contributed by atoms with van der Waals surface area (Å²) in [5.41, 5.74) is 16.8. The van der Waals surface area contributed by atoms with Gasteiger partial charge in [0, 0.05) is 17.4 Å². The monoisotopic (exact) mass is 320 g/mol. The molecule has 5 nitrogen and oxygen atoms in total. The zero-order valence-electron chi connectivity index (χ0n) is 14.1. The van der Waals surface area contributed by atoms with Crippen LogP contribution in [-0.2, 0) is 6.42 Å². The highest BCUT2D eigenvalue weighted by atomic mass is 16.5. The van der Waals surface area contributed by atoms with Crippen LogP contribution in [0.15, 0.2) is 30.3 Å². The van der Waals surface area contributed by atoms with Gasteiger partial charge in [0.15, 0.2) is 0 Å². The van der Waals surface area contributed by atoms with E-state index >= 15 is 0 Å². The Kier molecular flexibility index (Phi) is 2.97. The van der Waals surface area contributed by atoms with Crippen LogP contribution in [0, 0.1) is 6.92 Å². The molecule has 24 heavy (non-hydrogen) atoms. The topological polar surface area (TPSA) is 87.0 Å². The normalized spacial score (nSPS) is 15.3. The summed E-state index contributed by atoms with van der Waals surface area (Å²) < 4.78 is 6.21. The van der Waals surface area contributed by atoms with Gasteiger partial charge in [-0.2, -0.15) is 4.98 Å². The van der Waals surface area contributed by atoms with Gasteiger partial charge in [-0.1, -0.05) is 24.3 Å². The fourth-order valence-electron chi connectivity index (χ4n) is 3.56. The third kappa shape index (κ3) is 2.16. The Morgan fingerprint density at radius 2 is 1.83 bits per heavy atom. The second kappa shape index (κ2) is 4.84. The Hall–Kier alpha value is -2.82. The number of rotatable bonds is 1. The van der Waals surface area contributed by atoms with E-state index in [1.807, 2.05) is 19.1 Å². The first-order valence-electron chi connectivity index (χ1n) is 7.99. The van der Waals surface area contributed by atoms with Gasteiger partial charge in [0.2, 0.25) is 5.95 Å². The molecule has 0 amide bonds. The SMILES string of the molecule is Cc1c(-c2cccc3c2OC(C)(C)C3)ccc2nc(N)nc(N)c12. The number of anilines is 2. The summed E-state index contributed by atoms with van der Waals surface area (Å²) >= 11 is 0. The van der Waals surface area contributed by atoms with Crippen LogP contribution in [0.3, 0.4) is 0 Å². The Morgan fingerprint density at radius 1 is 1.04 bits per heavy atom. The van der Waals surface area contributed by atoms with E-state index in [1.165, 1.54) is 5.56 Å². The zero-order valence-corrected chi connectivity index (χ0v) is 14.1. The van der Waals surface area contributed by atoms with Crippen molar-refractivity contribution in [3.63, 3.8) is 0 Å². The summed E-state index contributed by atoms with van der Waals surface area (Å²) in [6.07, 6.45) is 0.907. The predicted octanol–water partition coefficient (Wildman–Crippen LogP) is 3.48. The van der Waals surface area contributed by atoms with Crippen molar-refractivity contribution in [1.82, 2.24) is 9.97 Å². The predicted molar refractivity (Wildman–Crippen MR) is 96.9 cm³/mol. The van der Waals surface area contributed by atoms with Crippen molar-refractivity contribution in [2.45, 2.75) is 32.8 Å². The summed E-state index contributed by atoms with van der Waals surface area (Å²) in [6, 6.07) is 10.3. The molecular weight excluding hydrogens is 300 g/mol. The van der Waals surface area contributed by atoms with Crippen LogP contribution in [0.1, 0.15) is 25.0 Å². The molecule has 5 heteroatoms. The molecule has 0 aliphatic carbocycles. The van der Waals surface area contributed by atoms with Gasteiger partial charge in [-0.25, -0.2) is 4.98 Å². The number of para-hydroxylation sites is 1. The van der Waals surface area contributed by atoms with Crippen molar-refractivity contribution in [3.05, 3.63) is 41.5 Å². The lowest BCUT2D eigenvalue weighted by Crippen LogP contribution is -2.24.